The van der Waals surface area contributed by atoms with Gasteiger partial charge in [-0.15, -0.1) is 0 Å². The summed E-state index contributed by atoms with van der Waals surface area (Å²) < 4.78 is 1.20. The Hall–Kier alpha value is -1.56. The van der Waals surface area contributed by atoms with E-state index in [1.54, 1.807) is 18.5 Å². The Bertz CT molecular complexity index is 462. The molecule has 2 aromatic rings. The molecule has 0 saturated heterocycles. The van der Waals surface area contributed by atoms with Gasteiger partial charge in [0.1, 0.15) is 5.69 Å². The average molecular weight is 194 g/mol. The summed E-state index contributed by atoms with van der Waals surface area (Å²) in [6, 6.07) is 3.10. The maximum absolute atomic E-state index is 11.0. The van der Waals surface area contributed by atoms with E-state index >= 15 is 0 Å². The minimum atomic E-state index is -0.171. The highest BCUT2D eigenvalue weighted by molar-refractivity contribution is 7.78. The number of aromatic nitrogens is 4. The Morgan fingerprint density at radius 1 is 1.46 bits per heavy atom. The lowest BCUT2D eigenvalue weighted by Gasteiger charge is -1.97. The van der Waals surface area contributed by atoms with Gasteiger partial charge >= 0.3 is 0 Å². The molecule has 0 spiro atoms. The van der Waals surface area contributed by atoms with Crippen LogP contribution in [-0.4, -0.2) is 19.4 Å². The van der Waals surface area contributed by atoms with Crippen molar-refractivity contribution in [1.82, 2.24) is 19.4 Å². The summed E-state index contributed by atoms with van der Waals surface area (Å²) in [6.45, 7) is 0. The molecule has 0 atom stereocenters. The molecule has 2 heterocycles. The Kier molecular flexibility index (Phi) is 1.90. The van der Waals surface area contributed by atoms with Gasteiger partial charge < -0.3 is 0 Å². The number of thiol groups is 1. The number of rotatable bonds is 1. The predicted octanol–water partition coefficient (Wildman–Crippen LogP) is 0.326. The first-order chi connectivity index (χ1) is 6.27. The van der Waals surface area contributed by atoms with Crippen LogP contribution in [0.5, 0.6) is 0 Å². The van der Waals surface area contributed by atoms with Crippen molar-refractivity contribution in [3.8, 4) is 11.3 Å². The van der Waals surface area contributed by atoms with Gasteiger partial charge in [0.25, 0.3) is 5.56 Å². The summed E-state index contributed by atoms with van der Waals surface area (Å²) in [7, 11) is 0. The van der Waals surface area contributed by atoms with Crippen LogP contribution in [0.2, 0.25) is 0 Å². The van der Waals surface area contributed by atoms with E-state index in [0.29, 0.717) is 5.69 Å². The molecule has 13 heavy (non-hydrogen) atoms. The number of hydrogen-bond donors (Lipinski definition) is 2. The molecule has 0 unspecified atom stereocenters. The summed E-state index contributed by atoms with van der Waals surface area (Å²) in [4.78, 5) is 11.0. The predicted molar refractivity (Wildman–Crippen MR) is 50.5 cm³/mol. The van der Waals surface area contributed by atoms with E-state index in [-0.39, 0.29) is 5.56 Å². The summed E-state index contributed by atoms with van der Waals surface area (Å²) in [6.07, 6.45) is 3.16. The minimum Gasteiger partial charge on any atom is -0.268 e. The first kappa shape index (κ1) is 8.06. The Morgan fingerprint density at radius 2 is 2.31 bits per heavy atom. The zero-order valence-corrected chi connectivity index (χ0v) is 7.40. The van der Waals surface area contributed by atoms with E-state index in [4.69, 9.17) is 0 Å². The third kappa shape index (κ3) is 1.48. The summed E-state index contributed by atoms with van der Waals surface area (Å²) >= 11 is 3.94. The summed E-state index contributed by atoms with van der Waals surface area (Å²) in [5.74, 6) is 0. The normalized spacial score (nSPS) is 10.2. The molecule has 6 heteroatoms. The molecule has 5 nitrogen and oxygen atoms in total. The quantitative estimate of drug-likeness (QED) is 0.643. The third-order valence-corrected chi connectivity index (χ3v) is 1.92. The molecule has 0 aliphatic heterocycles. The van der Waals surface area contributed by atoms with Gasteiger partial charge in [-0.25, -0.2) is 0 Å². The molecule has 0 amide bonds. The lowest BCUT2D eigenvalue weighted by atomic mass is 10.2. The van der Waals surface area contributed by atoms with Crippen LogP contribution in [0, 0.1) is 0 Å². The van der Waals surface area contributed by atoms with E-state index in [9.17, 15) is 4.79 Å². The largest absolute Gasteiger partial charge is 0.268 e. The van der Waals surface area contributed by atoms with Gasteiger partial charge in [0.15, 0.2) is 0 Å². The molecular formula is C7H6N4OS. The number of nitrogens with zero attached hydrogens (tertiary/aromatic N) is 3. The fraction of sp³-hybridized carbons (Fsp3) is 0. The number of pyridine rings is 1. The summed E-state index contributed by atoms with van der Waals surface area (Å²) in [5.41, 5.74) is 1.31. The second kappa shape index (κ2) is 3.06. The van der Waals surface area contributed by atoms with E-state index in [0.717, 1.165) is 5.56 Å². The molecule has 0 aromatic carbocycles. The van der Waals surface area contributed by atoms with E-state index in [1.807, 2.05) is 0 Å². The highest BCUT2D eigenvalue weighted by Gasteiger charge is 2.01. The lowest BCUT2D eigenvalue weighted by Crippen LogP contribution is -2.09. The molecule has 0 aliphatic carbocycles. The van der Waals surface area contributed by atoms with Crippen LogP contribution in [0.15, 0.2) is 29.3 Å². The SMILES string of the molecule is O=c1ccc(-c2cn[nH]n2)cn1S. The Balaban J connectivity index is 2.55. The van der Waals surface area contributed by atoms with Crippen LogP contribution >= 0.6 is 12.8 Å². The monoisotopic (exact) mass is 194 g/mol. The fourth-order valence-electron chi connectivity index (χ4n) is 0.968. The van der Waals surface area contributed by atoms with Gasteiger partial charge in [0.05, 0.1) is 6.20 Å². The second-order valence-corrected chi connectivity index (χ2v) is 2.89. The molecule has 0 saturated carbocycles. The Morgan fingerprint density at radius 3 is 2.92 bits per heavy atom. The number of hydrogen-bond acceptors (Lipinski definition) is 4. The molecule has 2 rings (SSSR count). The number of H-pyrrole nitrogens is 1. The fourth-order valence-corrected chi connectivity index (χ4v) is 1.16. The molecular weight excluding hydrogens is 188 g/mol. The van der Waals surface area contributed by atoms with Gasteiger partial charge in [-0.2, -0.15) is 15.4 Å². The molecule has 66 valence electrons. The second-order valence-electron chi connectivity index (χ2n) is 2.46. The van der Waals surface area contributed by atoms with Gasteiger partial charge in [0, 0.05) is 17.8 Å². The topological polar surface area (TPSA) is 63.6 Å². The minimum absolute atomic E-state index is 0.171. The molecule has 0 aliphatic rings. The lowest BCUT2D eigenvalue weighted by molar-refractivity contribution is 0.941. The van der Waals surface area contributed by atoms with Crippen LogP contribution < -0.4 is 5.56 Å². The molecule has 0 bridgehead atoms. The van der Waals surface area contributed by atoms with Crippen molar-refractivity contribution in [2.45, 2.75) is 0 Å². The van der Waals surface area contributed by atoms with Crippen LogP contribution in [0.1, 0.15) is 0 Å². The van der Waals surface area contributed by atoms with Gasteiger partial charge in [-0.3, -0.25) is 8.77 Å². The first-order valence-corrected chi connectivity index (χ1v) is 3.95. The van der Waals surface area contributed by atoms with Crippen molar-refractivity contribution in [1.29, 1.82) is 0 Å². The smallest absolute Gasteiger partial charge is 0.260 e. The first-order valence-electron chi connectivity index (χ1n) is 3.55. The average Bonchev–Trinajstić information content (AvgIpc) is 2.62. The molecule has 2 aromatic heterocycles. The standard InChI is InChI=1S/C7H6N4OS/c12-7-2-1-5(4-11(7)13)6-3-8-10-9-6/h1-4,13H,(H,8,9,10). The van der Waals surface area contributed by atoms with E-state index in [2.05, 4.69) is 28.2 Å². The number of nitrogens with one attached hydrogen (secondary N) is 1. The summed E-state index contributed by atoms with van der Waals surface area (Å²) in [5, 5.41) is 10.0. The van der Waals surface area contributed by atoms with Crippen molar-refractivity contribution >= 4 is 12.8 Å². The van der Waals surface area contributed by atoms with E-state index < -0.39 is 0 Å². The van der Waals surface area contributed by atoms with Gasteiger partial charge in [0.2, 0.25) is 0 Å². The molecule has 1 N–H and O–H groups in total. The van der Waals surface area contributed by atoms with Gasteiger partial charge in [-0.05, 0) is 6.07 Å². The van der Waals surface area contributed by atoms with Crippen LogP contribution in [-0.2, 0) is 0 Å². The van der Waals surface area contributed by atoms with Crippen molar-refractivity contribution < 1.29 is 0 Å². The van der Waals surface area contributed by atoms with Crippen molar-refractivity contribution in [2.24, 2.45) is 0 Å². The van der Waals surface area contributed by atoms with Crippen LogP contribution in [0.4, 0.5) is 0 Å². The zero-order valence-electron chi connectivity index (χ0n) is 6.51. The van der Waals surface area contributed by atoms with Crippen LogP contribution in [0.25, 0.3) is 11.3 Å². The van der Waals surface area contributed by atoms with Gasteiger partial charge in [-0.1, -0.05) is 12.8 Å². The maximum atomic E-state index is 11.0. The zero-order chi connectivity index (χ0) is 9.26. The highest BCUT2D eigenvalue weighted by atomic mass is 32.1. The number of aromatic amines is 1. The maximum Gasteiger partial charge on any atom is 0.260 e. The van der Waals surface area contributed by atoms with Crippen LogP contribution in [0.3, 0.4) is 0 Å². The molecule has 0 radical (unpaired) electrons. The highest BCUT2D eigenvalue weighted by Crippen LogP contribution is 2.12. The van der Waals surface area contributed by atoms with Crippen molar-refractivity contribution in [3.05, 3.63) is 34.9 Å². The van der Waals surface area contributed by atoms with Crippen molar-refractivity contribution in [2.75, 3.05) is 0 Å². The Labute approximate surface area is 79.0 Å². The molecule has 0 fully saturated rings. The van der Waals surface area contributed by atoms with E-state index in [1.165, 1.54) is 10.0 Å². The van der Waals surface area contributed by atoms with Crippen molar-refractivity contribution in [3.63, 3.8) is 0 Å². The third-order valence-electron chi connectivity index (χ3n) is 1.60.